The number of ether oxygens (including phenoxy) is 3. The highest BCUT2D eigenvalue weighted by atomic mass is 19.1. The van der Waals surface area contributed by atoms with Crippen molar-refractivity contribution < 1.29 is 28.6 Å². The summed E-state index contributed by atoms with van der Waals surface area (Å²) in [6, 6.07) is 3.74. The van der Waals surface area contributed by atoms with Gasteiger partial charge in [0.25, 0.3) is 0 Å². The number of aliphatic hydroxyl groups excluding tert-OH is 1. The summed E-state index contributed by atoms with van der Waals surface area (Å²) < 4.78 is 30.1. The number of hydrogen-bond acceptors (Lipinski definition) is 6. The van der Waals surface area contributed by atoms with Crippen LogP contribution in [0.4, 0.5) is 4.39 Å². The molecule has 1 aromatic rings. The van der Waals surface area contributed by atoms with Crippen LogP contribution >= 0.6 is 0 Å². The van der Waals surface area contributed by atoms with Gasteiger partial charge in [0.1, 0.15) is 30.4 Å². The fourth-order valence-electron chi connectivity index (χ4n) is 2.14. The zero-order valence-electron chi connectivity index (χ0n) is 12.3. The predicted molar refractivity (Wildman–Crippen MR) is 73.6 cm³/mol. The monoisotopic (exact) mass is 315 g/mol. The van der Waals surface area contributed by atoms with E-state index >= 15 is 0 Å². The van der Waals surface area contributed by atoms with Crippen LogP contribution in [0.3, 0.4) is 0 Å². The summed E-state index contributed by atoms with van der Waals surface area (Å²) in [5, 5.41) is 20.1. The average Bonchev–Trinajstić information content (AvgIpc) is 2.76. The van der Waals surface area contributed by atoms with Gasteiger partial charge in [0.2, 0.25) is 6.54 Å². The Balaban J connectivity index is 1.99. The van der Waals surface area contributed by atoms with Crippen LogP contribution in [0.15, 0.2) is 18.2 Å². The van der Waals surface area contributed by atoms with E-state index in [2.05, 4.69) is 0 Å². The van der Waals surface area contributed by atoms with Gasteiger partial charge in [0.15, 0.2) is 5.79 Å². The number of aliphatic hydroxyl groups is 1. The molecule has 0 saturated carbocycles. The first-order valence-electron chi connectivity index (χ1n) is 6.81. The van der Waals surface area contributed by atoms with E-state index in [1.807, 2.05) is 0 Å². The fraction of sp³-hybridized carbons (Fsp3) is 0.571. The molecule has 1 fully saturated rings. The Labute approximate surface area is 126 Å². The molecule has 2 rings (SSSR count). The second kappa shape index (κ2) is 6.55. The van der Waals surface area contributed by atoms with E-state index in [9.17, 15) is 19.6 Å². The zero-order chi connectivity index (χ0) is 16.3. The Morgan fingerprint density at radius 2 is 2.32 bits per heavy atom. The number of rotatable bonds is 6. The molecule has 0 bridgehead atoms. The second-order valence-electron chi connectivity index (χ2n) is 5.48. The number of nitrogens with zero attached hydrogens (tertiary/aromatic N) is 1. The molecule has 0 aliphatic carbocycles. The summed E-state index contributed by atoms with van der Waals surface area (Å²) in [4.78, 5) is 9.70. The van der Waals surface area contributed by atoms with E-state index in [0.717, 1.165) is 6.07 Å². The molecule has 22 heavy (non-hydrogen) atoms. The second-order valence-corrected chi connectivity index (χ2v) is 5.48. The maximum atomic E-state index is 13.6. The minimum Gasteiger partial charge on any atom is -0.491 e. The molecule has 0 spiro atoms. The molecule has 2 atom stereocenters. The summed E-state index contributed by atoms with van der Waals surface area (Å²) in [6.45, 7) is 3.38. The minimum atomic E-state index is -1.52. The fourth-order valence-corrected chi connectivity index (χ4v) is 2.14. The van der Waals surface area contributed by atoms with Crippen molar-refractivity contribution in [1.29, 1.82) is 0 Å². The van der Waals surface area contributed by atoms with Crippen LogP contribution in [0.25, 0.3) is 0 Å². The van der Waals surface area contributed by atoms with Crippen molar-refractivity contribution in [1.82, 2.24) is 0 Å². The van der Waals surface area contributed by atoms with E-state index in [-0.39, 0.29) is 18.3 Å². The van der Waals surface area contributed by atoms with Gasteiger partial charge in [0.05, 0.1) is 6.61 Å². The van der Waals surface area contributed by atoms with E-state index < -0.39 is 29.2 Å². The summed E-state index contributed by atoms with van der Waals surface area (Å²) in [5.74, 6) is -1.08. The van der Waals surface area contributed by atoms with E-state index in [1.165, 1.54) is 12.1 Å². The molecule has 7 nitrogen and oxygen atoms in total. The normalized spacial score (nSPS) is 21.5. The third kappa shape index (κ3) is 4.36. The molecule has 1 N–H and O–H groups in total. The number of halogens is 1. The summed E-state index contributed by atoms with van der Waals surface area (Å²) >= 11 is 0. The van der Waals surface area contributed by atoms with Crippen molar-refractivity contribution in [2.75, 3.05) is 19.8 Å². The van der Waals surface area contributed by atoms with Crippen molar-refractivity contribution in [2.45, 2.75) is 31.8 Å². The minimum absolute atomic E-state index is 0.168. The van der Waals surface area contributed by atoms with Gasteiger partial charge < -0.3 is 19.3 Å². The van der Waals surface area contributed by atoms with Crippen LogP contribution in [-0.4, -0.2) is 41.7 Å². The zero-order valence-corrected chi connectivity index (χ0v) is 12.3. The Morgan fingerprint density at radius 1 is 1.59 bits per heavy atom. The van der Waals surface area contributed by atoms with Crippen molar-refractivity contribution >= 4 is 0 Å². The lowest BCUT2D eigenvalue weighted by molar-refractivity contribution is -0.491. The highest BCUT2D eigenvalue weighted by Gasteiger charge is 2.33. The van der Waals surface area contributed by atoms with Gasteiger partial charge in [-0.15, -0.1) is 0 Å². The van der Waals surface area contributed by atoms with Crippen molar-refractivity contribution in [3.8, 4) is 5.75 Å². The topological polar surface area (TPSA) is 91.1 Å². The standard InChI is InChI=1S/C14H18FNO6/c1-14(2)21-8-10(22-14)7-20-9-3-4-12(15)11(5-9)13(17)6-16(18)19/h3-5,10,13,17H,6-8H2,1-2H3/t10-,13?/m0/s1. The number of nitro groups is 1. The molecular weight excluding hydrogens is 297 g/mol. The maximum Gasteiger partial charge on any atom is 0.233 e. The molecule has 1 aromatic carbocycles. The van der Waals surface area contributed by atoms with Gasteiger partial charge in [0, 0.05) is 10.5 Å². The Morgan fingerprint density at radius 3 is 2.91 bits per heavy atom. The summed E-state index contributed by atoms with van der Waals surface area (Å²) in [7, 11) is 0. The van der Waals surface area contributed by atoms with Crippen LogP contribution < -0.4 is 4.74 Å². The van der Waals surface area contributed by atoms with Crippen molar-refractivity contribution in [3.63, 3.8) is 0 Å². The van der Waals surface area contributed by atoms with Crippen molar-refractivity contribution in [3.05, 3.63) is 39.7 Å². The van der Waals surface area contributed by atoms with E-state index in [1.54, 1.807) is 13.8 Å². The first kappa shape index (κ1) is 16.6. The van der Waals surface area contributed by atoms with E-state index in [4.69, 9.17) is 14.2 Å². The van der Waals surface area contributed by atoms with Crippen LogP contribution in [0, 0.1) is 15.9 Å². The molecule has 1 unspecified atom stereocenters. The van der Waals surface area contributed by atoms with Gasteiger partial charge in [-0.1, -0.05) is 0 Å². The molecule has 1 heterocycles. The Hall–Kier alpha value is -1.77. The van der Waals surface area contributed by atoms with Crippen LogP contribution in [0.5, 0.6) is 5.75 Å². The molecule has 0 amide bonds. The van der Waals surface area contributed by atoms with Gasteiger partial charge in [-0.05, 0) is 32.0 Å². The third-order valence-electron chi connectivity index (χ3n) is 3.15. The number of benzene rings is 1. The molecule has 0 aromatic heterocycles. The summed E-state index contributed by atoms with van der Waals surface area (Å²) in [5.41, 5.74) is -0.168. The molecule has 8 heteroatoms. The molecular formula is C14H18FNO6. The van der Waals surface area contributed by atoms with Crippen LogP contribution in [0.1, 0.15) is 25.5 Å². The van der Waals surface area contributed by atoms with Crippen molar-refractivity contribution in [2.24, 2.45) is 0 Å². The quantitative estimate of drug-likeness (QED) is 0.634. The van der Waals surface area contributed by atoms with E-state index in [0.29, 0.717) is 12.4 Å². The first-order valence-corrected chi connectivity index (χ1v) is 6.81. The molecule has 122 valence electrons. The molecule has 0 radical (unpaired) electrons. The Kier molecular flexibility index (Phi) is 4.94. The van der Waals surface area contributed by atoms with Gasteiger partial charge in [-0.25, -0.2) is 4.39 Å². The lowest BCUT2D eigenvalue weighted by Crippen LogP contribution is -2.25. The van der Waals surface area contributed by atoms with Crippen LogP contribution in [-0.2, 0) is 9.47 Å². The van der Waals surface area contributed by atoms with Gasteiger partial charge in [-0.2, -0.15) is 0 Å². The average molecular weight is 315 g/mol. The van der Waals surface area contributed by atoms with Gasteiger partial charge in [-0.3, -0.25) is 10.1 Å². The number of hydrogen-bond donors (Lipinski definition) is 1. The predicted octanol–water partition coefficient (Wildman–Crippen LogP) is 1.67. The smallest absolute Gasteiger partial charge is 0.233 e. The lowest BCUT2D eigenvalue weighted by atomic mass is 10.1. The SMILES string of the molecule is CC1(C)OC[C@H](COc2ccc(F)c(C(O)C[N+](=O)[O-])c2)O1. The maximum absolute atomic E-state index is 13.6. The highest BCUT2D eigenvalue weighted by Crippen LogP contribution is 2.25. The van der Waals surface area contributed by atoms with Gasteiger partial charge >= 0.3 is 0 Å². The third-order valence-corrected chi connectivity index (χ3v) is 3.15. The van der Waals surface area contributed by atoms with Crippen LogP contribution in [0.2, 0.25) is 0 Å². The lowest BCUT2D eigenvalue weighted by Gasteiger charge is -2.17. The molecule has 1 aliphatic heterocycles. The first-order chi connectivity index (χ1) is 10.3. The summed E-state index contributed by atoms with van der Waals surface area (Å²) in [6.07, 6.45) is -1.78. The molecule has 1 aliphatic rings. The Bertz CT molecular complexity index is 550. The largest absolute Gasteiger partial charge is 0.491 e. The molecule has 1 saturated heterocycles. The highest BCUT2D eigenvalue weighted by molar-refractivity contribution is 5.31.